The van der Waals surface area contributed by atoms with Crippen molar-refractivity contribution in [3.05, 3.63) is 43.9 Å². The molecule has 6 heteroatoms. The monoisotopic (exact) mass is 386 g/mol. The second kappa shape index (κ2) is 6.85. The molecule has 0 fully saturated rings. The topological polar surface area (TPSA) is 64.2 Å². The van der Waals surface area contributed by atoms with Crippen LogP contribution in [0, 0.1) is 3.57 Å². The summed E-state index contributed by atoms with van der Waals surface area (Å²) in [4.78, 5) is 19.1. The number of rotatable bonds is 5. The summed E-state index contributed by atoms with van der Waals surface area (Å²) >= 11 is 1.97. The quantitative estimate of drug-likeness (QED) is 0.803. The van der Waals surface area contributed by atoms with Gasteiger partial charge in [0.15, 0.2) is 0 Å². The van der Waals surface area contributed by atoms with E-state index < -0.39 is 0 Å². The number of methoxy groups -OCH3 is 1. The molecule has 2 aromatic rings. The molecule has 5 nitrogen and oxygen atoms in total. The Morgan fingerprint density at radius 1 is 1.30 bits per heavy atom. The number of halogens is 1. The highest BCUT2D eigenvalue weighted by atomic mass is 127. The molecule has 2 rings (SSSR count). The molecule has 0 amide bonds. The minimum absolute atomic E-state index is 0.156. The molecule has 0 aliphatic rings. The summed E-state index contributed by atoms with van der Waals surface area (Å²) in [5, 5.41) is 0. The smallest absolute Gasteiger partial charge is 0.264 e. The summed E-state index contributed by atoms with van der Waals surface area (Å²) in [5.41, 5.74) is 1.32. The van der Waals surface area contributed by atoms with Crippen LogP contribution in [0.25, 0.3) is 11.4 Å². The van der Waals surface area contributed by atoms with E-state index in [9.17, 15) is 4.79 Å². The second-order valence-electron chi connectivity index (χ2n) is 4.07. The number of hydrogen-bond acceptors (Lipinski definition) is 4. The van der Waals surface area contributed by atoms with E-state index in [2.05, 4.69) is 9.97 Å². The average Bonchev–Trinajstić information content (AvgIpc) is 2.45. The fourth-order valence-corrected chi connectivity index (χ4v) is 2.16. The number of nitrogens with one attached hydrogen (secondary N) is 1. The molecule has 106 valence electrons. The summed E-state index contributed by atoms with van der Waals surface area (Å²) in [7, 11) is 1.58. The summed E-state index contributed by atoms with van der Waals surface area (Å²) in [6.45, 7) is 2.87. The van der Waals surface area contributed by atoms with Gasteiger partial charge >= 0.3 is 0 Å². The average molecular weight is 386 g/mol. The molecule has 0 unspecified atom stereocenters. The summed E-state index contributed by atoms with van der Waals surface area (Å²) in [5.74, 6) is 1.33. The van der Waals surface area contributed by atoms with Crippen LogP contribution in [0.2, 0.25) is 0 Å². The van der Waals surface area contributed by atoms with E-state index in [-0.39, 0.29) is 5.56 Å². The van der Waals surface area contributed by atoms with E-state index in [0.717, 1.165) is 11.3 Å². The van der Waals surface area contributed by atoms with Crippen molar-refractivity contribution in [2.75, 3.05) is 13.7 Å². The van der Waals surface area contributed by atoms with Crippen molar-refractivity contribution >= 4 is 22.6 Å². The third-order valence-electron chi connectivity index (χ3n) is 2.65. The molecule has 0 spiro atoms. The van der Waals surface area contributed by atoms with Crippen molar-refractivity contribution in [1.82, 2.24) is 9.97 Å². The third-order valence-corrected chi connectivity index (χ3v) is 3.76. The first-order valence-corrected chi connectivity index (χ1v) is 7.24. The fraction of sp³-hybridized carbons (Fsp3) is 0.286. The summed E-state index contributed by atoms with van der Waals surface area (Å²) in [6.07, 6.45) is 0. The summed E-state index contributed by atoms with van der Waals surface area (Å²) in [6, 6.07) is 7.44. The normalized spacial score (nSPS) is 10.6. The lowest BCUT2D eigenvalue weighted by molar-refractivity contribution is 0.180. The van der Waals surface area contributed by atoms with Gasteiger partial charge in [-0.3, -0.25) is 4.79 Å². The third kappa shape index (κ3) is 3.37. The van der Waals surface area contributed by atoms with Crippen LogP contribution in [0.3, 0.4) is 0 Å². The van der Waals surface area contributed by atoms with Crippen LogP contribution in [0.4, 0.5) is 0 Å². The molecule has 1 aromatic heterocycles. The highest BCUT2D eigenvalue weighted by molar-refractivity contribution is 14.1. The van der Waals surface area contributed by atoms with Crippen LogP contribution in [0.5, 0.6) is 5.75 Å². The zero-order chi connectivity index (χ0) is 14.5. The van der Waals surface area contributed by atoms with Crippen molar-refractivity contribution in [2.45, 2.75) is 13.5 Å². The molecular weight excluding hydrogens is 371 g/mol. The maximum Gasteiger partial charge on any atom is 0.264 e. The molecule has 20 heavy (non-hydrogen) atoms. The molecule has 0 saturated carbocycles. The first-order chi connectivity index (χ1) is 9.65. The Kier molecular flexibility index (Phi) is 5.13. The Bertz CT molecular complexity index is 638. The highest BCUT2D eigenvalue weighted by Crippen LogP contribution is 2.19. The zero-order valence-corrected chi connectivity index (χ0v) is 13.4. The van der Waals surface area contributed by atoms with E-state index in [4.69, 9.17) is 9.47 Å². The molecule has 0 saturated heterocycles. The Morgan fingerprint density at radius 2 is 2.00 bits per heavy atom. The van der Waals surface area contributed by atoms with E-state index >= 15 is 0 Å². The Balaban J connectivity index is 2.39. The summed E-state index contributed by atoms with van der Waals surface area (Å²) < 4.78 is 11.0. The Labute approximate surface area is 130 Å². The number of nitrogens with zero attached hydrogens (tertiary/aromatic N) is 1. The minimum Gasteiger partial charge on any atom is -0.494 e. The van der Waals surface area contributed by atoms with Gasteiger partial charge in [-0.1, -0.05) is 0 Å². The number of ether oxygens (including phenoxy) is 2. The lowest BCUT2D eigenvalue weighted by Gasteiger charge is -2.07. The fourth-order valence-electron chi connectivity index (χ4n) is 1.75. The number of aromatic amines is 1. The van der Waals surface area contributed by atoms with Crippen LogP contribution < -0.4 is 10.3 Å². The standard InChI is InChI=1S/C14H15IN2O3/c1-3-20-10-6-4-9(5-7-10)13-16-11(8-19-2)12(15)14(18)17-13/h4-7H,3,8H2,1-2H3,(H,16,17,18). The largest absolute Gasteiger partial charge is 0.494 e. The van der Waals surface area contributed by atoms with Gasteiger partial charge in [-0.25, -0.2) is 4.98 Å². The number of benzene rings is 1. The van der Waals surface area contributed by atoms with Crippen LogP contribution in [0.15, 0.2) is 29.1 Å². The molecular formula is C14H15IN2O3. The van der Waals surface area contributed by atoms with Crippen LogP contribution in [0.1, 0.15) is 12.6 Å². The zero-order valence-electron chi connectivity index (χ0n) is 11.3. The van der Waals surface area contributed by atoms with Gasteiger partial charge in [-0.15, -0.1) is 0 Å². The predicted molar refractivity (Wildman–Crippen MR) is 84.9 cm³/mol. The minimum atomic E-state index is -0.156. The highest BCUT2D eigenvalue weighted by Gasteiger charge is 2.10. The van der Waals surface area contributed by atoms with Gasteiger partial charge < -0.3 is 14.5 Å². The van der Waals surface area contributed by atoms with Gasteiger partial charge in [0.1, 0.15) is 15.1 Å². The van der Waals surface area contributed by atoms with E-state index in [1.165, 1.54) is 0 Å². The van der Waals surface area contributed by atoms with Crippen molar-refractivity contribution in [3.8, 4) is 17.1 Å². The number of H-pyrrole nitrogens is 1. The molecule has 0 radical (unpaired) electrons. The van der Waals surface area contributed by atoms with Gasteiger partial charge in [0, 0.05) is 12.7 Å². The number of hydrogen-bond donors (Lipinski definition) is 1. The van der Waals surface area contributed by atoms with Gasteiger partial charge in [0.25, 0.3) is 5.56 Å². The molecule has 1 N–H and O–H groups in total. The first kappa shape index (κ1) is 15.0. The predicted octanol–water partition coefficient (Wildman–Crippen LogP) is 2.59. The van der Waals surface area contributed by atoms with Crippen molar-refractivity contribution in [1.29, 1.82) is 0 Å². The number of aromatic nitrogens is 2. The molecule has 0 atom stereocenters. The van der Waals surface area contributed by atoms with Crippen molar-refractivity contribution in [3.63, 3.8) is 0 Å². The molecule has 0 bridgehead atoms. The van der Waals surface area contributed by atoms with E-state index in [1.807, 2.05) is 53.8 Å². The second-order valence-corrected chi connectivity index (χ2v) is 5.14. The van der Waals surface area contributed by atoms with Crippen LogP contribution >= 0.6 is 22.6 Å². The Hall–Kier alpha value is -1.41. The van der Waals surface area contributed by atoms with Crippen LogP contribution in [-0.4, -0.2) is 23.7 Å². The van der Waals surface area contributed by atoms with Crippen molar-refractivity contribution < 1.29 is 9.47 Å². The van der Waals surface area contributed by atoms with Crippen molar-refractivity contribution in [2.24, 2.45) is 0 Å². The molecule has 1 aromatic carbocycles. The van der Waals surface area contributed by atoms with Gasteiger partial charge in [-0.05, 0) is 53.8 Å². The molecule has 0 aliphatic carbocycles. The van der Waals surface area contributed by atoms with E-state index in [0.29, 0.717) is 28.3 Å². The maximum atomic E-state index is 11.9. The van der Waals surface area contributed by atoms with Gasteiger partial charge in [-0.2, -0.15) is 0 Å². The van der Waals surface area contributed by atoms with Crippen LogP contribution in [-0.2, 0) is 11.3 Å². The lowest BCUT2D eigenvalue weighted by atomic mass is 10.2. The SMILES string of the molecule is CCOc1ccc(-c2nc(COC)c(I)c(=O)[nH]2)cc1. The van der Waals surface area contributed by atoms with Gasteiger partial charge in [0.2, 0.25) is 0 Å². The lowest BCUT2D eigenvalue weighted by Crippen LogP contribution is -2.16. The van der Waals surface area contributed by atoms with Gasteiger partial charge in [0.05, 0.1) is 18.9 Å². The molecule has 1 heterocycles. The maximum absolute atomic E-state index is 11.9. The Morgan fingerprint density at radius 3 is 2.60 bits per heavy atom. The van der Waals surface area contributed by atoms with E-state index in [1.54, 1.807) is 7.11 Å². The molecule has 0 aliphatic heterocycles. The first-order valence-electron chi connectivity index (χ1n) is 6.16.